The number of H-pyrrole nitrogens is 1. The van der Waals surface area contributed by atoms with Crippen molar-refractivity contribution in [2.75, 3.05) is 7.11 Å². The van der Waals surface area contributed by atoms with Gasteiger partial charge in [-0.1, -0.05) is 17.7 Å². The Bertz CT molecular complexity index is 608. The SMILES string of the molecule is COc1cc(-c2cc(=O)[nH]c(C)n2)ccc1Cl. The zero-order chi connectivity index (χ0) is 12.4. The van der Waals surface area contributed by atoms with E-state index in [2.05, 4.69) is 9.97 Å². The highest BCUT2D eigenvalue weighted by molar-refractivity contribution is 6.32. The van der Waals surface area contributed by atoms with Gasteiger partial charge in [-0.2, -0.15) is 0 Å². The van der Waals surface area contributed by atoms with Gasteiger partial charge in [-0.25, -0.2) is 4.98 Å². The molecule has 2 rings (SSSR count). The van der Waals surface area contributed by atoms with Gasteiger partial charge < -0.3 is 9.72 Å². The molecule has 0 bridgehead atoms. The average molecular weight is 251 g/mol. The summed E-state index contributed by atoms with van der Waals surface area (Å²) < 4.78 is 5.12. The van der Waals surface area contributed by atoms with Crippen molar-refractivity contribution in [1.29, 1.82) is 0 Å². The molecule has 1 heterocycles. The van der Waals surface area contributed by atoms with Crippen LogP contribution in [0.5, 0.6) is 5.75 Å². The Hall–Kier alpha value is -1.81. The predicted molar refractivity (Wildman–Crippen MR) is 66.6 cm³/mol. The molecule has 17 heavy (non-hydrogen) atoms. The van der Waals surface area contributed by atoms with Crippen LogP contribution in [-0.2, 0) is 0 Å². The van der Waals surface area contributed by atoms with Crippen LogP contribution in [0.25, 0.3) is 11.3 Å². The molecule has 0 spiro atoms. The highest BCUT2D eigenvalue weighted by atomic mass is 35.5. The summed E-state index contributed by atoms with van der Waals surface area (Å²) in [4.78, 5) is 18.2. The van der Waals surface area contributed by atoms with Crippen LogP contribution in [0.2, 0.25) is 5.02 Å². The average Bonchev–Trinajstić information content (AvgIpc) is 2.28. The van der Waals surface area contributed by atoms with E-state index in [0.29, 0.717) is 22.3 Å². The van der Waals surface area contributed by atoms with Gasteiger partial charge in [0.15, 0.2) is 0 Å². The van der Waals surface area contributed by atoms with Gasteiger partial charge in [0.2, 0.25) is 0 Å². The second kappa shape index (κ2) is 4.59. The summed E-state index contributed by atoms with van der Waals surface area (Å²) in [7, 11) is 1.54. The molecule has 1 aromatic carbocycles. The lowest BCUT2D eigenvalue weighted by molar-refractivity contribution is 0.415. The molecule has 0 radical (unpaired) electrons. The van der Waals surface area contributed by atoms with Crippen molar-refractivity contribution < 1.29 is 4.74 Å². The van der Waals surface area contributed by atoms with Crippen molar-refractivity contribution in [1.82, 2.24) is 9.97 Å². The number of methoxy groups -OCH3 is 1. The maximum absolute atomic E-state index is 11.4. The van der Waals surface area contributed by atoms with Crippen LogP contribution >= 0.6 is 11.6 Å². The summed E-state index contributed by atoms with van der Waals surface area (Å²) in [6.45, 7) is 1.73. The fourth-order valence-electron chi connectivity index (χ4n) is 1.55. The highest BCUT2D eigenvalue weighted by Crippen LogP contribution is 2.28. The summed E-state index contributed by atoms with van der Waals surface area (Å²) >= 11 is 5.93. The summed E-state index contributed by atoms with van der Waals surface area (Å²) in [6.07, 6.45) is 0. The summed E-state index contributed by atoms with van der Waals surface area (Å²) in [5, 5.41) is 0.526. The van der Waals surface area contributed by atoms with Crippen LogP contribution in [0.15, 0.2) is 29.1 Å². The Morgan fingerprint density at radius 2 is 2.12 bits per heavy atom. The number of hydrogen-bond donors (Lipinski definition) is 1. The van der Waals surface area contributed by atoms with Gasteiger partial charge in [0.1, 0.15) is 11.6 Å². The van der Waals surface area contributed by atoms with Crippen LogP contribution in [0.3, 0.4) is 0 Å². The lowest BCUT2D eigenvalue weighted by Gasteiger charge is -2.06. The topological polar surface area (TPSA) is 55.0 Å². The number of hydrogen-bond acceptors (Lipinski definition) is 3. The summed E-state index contributed by atoms with van der Waals surface area (Å²) in [6, 6.07) is 6.71. The summed E-state index contributed by atoms with van der Waals surface area (Å²) in [5.41, 5.74) is 1.21. The largest absolute Gasteiger partial charge is 0.495 e. The zero-order valence-electron chi connectivity index (χ0n) is 9.45. The monoisotopic (exact) mass is 250 g/mol. The molecule has 2 aromatic rings. The number of aromatic nitrogens is 2. The lowest BCUT2D eigenvalue weighted by Crippen LogP contribution is -2.08. The number of ether oxygens (including phenoxy) is 1. The first-order chi connectivity index (χ1) is 8.10. The van der Waals surface area contributed by atoms with Crippen LogP contribution in [-0.4, -0.2) is 17.1 Å². The molecule has 0 amide bonds. The fraction of sp³-hybridized carbons (Fsp3) is 0.167. The van der Waals surface area contributed by atoms with Crippen LogP contribution < -0.4 is 10.3 Å². The van der Waals surface area contributed by atoms with E-state index >= 15 is 0 Å². The fourth-order valence-corrected chi connectivity index (χ4v) is 1.74. The lowest BCUT2D eigenvalue weighted by atomic mass is 10.1. The third kappa shape index (κ3) is 2.47. The Kier molecular flexibility index (Phi) is 3.15. The number of nitrogens with one attached hydrogen (secondary N) is 1. The van der Waals surface area contributed by atoms with Gasteiger partial charge >= 0.3 is 0 Å². The number of rotatable bonds is 2. The summed E-state index contributed by atoms with van der Waals surface area (Å²) in [5.74, 6) is 1.13. The maximum atomic E-state index is 11.4. The molecule has 0 saturated heterocycles. The molecule has 5 heteroatoms. The first kappa shape index (κ1) is 11.7. The van der Waals surface area contributed by atoms with Gasteiger partial charge in [-0.15, -0.1) is 0 Å². The van der Waals surface area contributed by atoms with Crippen molar-refractivity contribution in [2.24, 2.45) is 0 Å². The van der Waals surface area contributed by atoms with Crippen molar-refractivity contribution in [2.45, 2.75) is 6.92 Å². The molecule has 88 valence electrons. The Balaban J connectivity index is 2.56. The molecule has 1 N–H and O–H groups in total. The molecule has 0 aliphatic carbocycles. The first-order valence-corrected chi connectivity index (χ1v) is 5.40. The van der Waals surface area contributed by atoms with Gasteiger partial charge in [0.05, 0.1) is 17.8 Å². The molecule has 4 nitrogen and oxygen atoms in total. The highest BCUT2D eigenvalue weighted by Gasteiger charge is 2.06. The Morgan fingerprint density at radius 3 is 2.76 bits per heavy atom. The molecule has 0 aliphatic rings. The molecule has 0 fully saturated rings. The van der Waals surface area contributed by atoms with E-state index in [-0.39, 0.29) is 5.56 Å². The second-order valence-electron chi connectivity index (χ2n) is 3.57. The second-order valence-corrected chi connectivity index (χ2v) is 3.97. The number of benzene rings is 1. The molecule has 1 aromatic heterocycles. The third-order valence-corrected chi connectivity index (χ3v) is 2.62. The van der Waals surface area contributed by atoms with Crippen LogP contribution in [0, 0.1) is 6.92 Å². The quantitative estimate of drug-likeness (QED) is 0.891. The Labute approximate surface area is 103 Å². The molecule has 0 saturated carbocycles. The van der Waals surface area contributed by atoms with Crippen LogP contribution in [0.4, 0.5) is 0 Å². The maximum Gasteiger partial charge on any atom is 0.251 e. The molecule has 0 atom stereocenters. The van der Waals surface area contributed by atoms with Gasteiger partial charge in [-0.05, 0) is 19.1 Å². The standard InChI is InChI=1S/C12H11ClN2O2/c1-7-14-10(6-12(16)15-7)8-3-4-9(13)11(5-8)17-2/h3-6H,1-2H3,(H,14,15,16). The molecular formula is C12H11ClN2O2. The molecule has 0 unspecified atom stereocenters. The van der Waals surface area contributed by atoms with Crippen LogP contribution in [0.1, 0.15) is 5.82 Å². The van der Waals surface area contributed by atoms with E-state index < -0.39 is 0 Å². The number of aryl methyl sites for hydroxylation is 1. The number of nitrogens with zero attached hydrogens (tertiary/aromatic N) is 1. The van der Waals surface area contributed by atoms with E-state index in [1.807, 2.05) is 0 Å². The Morgan fingerprint density at radius 1 is 1.35 bits per heavy atom. The van der Waals surface area contributed by atoms with E-state index in [9.17, 15) is 4.79 Å². The van der Waals surface area contributed by atoms with Crippen molar-refractivity contribution in [3.63, 3.8) is 0 Å². The normalized spacial score (nSPS) is 10.3. The first-order valence-electron chi connectivity index (χ1n) is 5.02. The predicted octanol–water partition coefficient (Wildman–Crippen LogP) is 2.41. The minimum absolute atomic E-state index is 0.179. The minimum atomic E-state index is -0.179. The number of halogens is 1. The third-order valence-electron chi connectivity index (χ3n) is 2.31. The van der Waals surface area contributed by atoms with E-state index in [4.69, 9.17) is 16.3 Å². The minimum Gasteiger partial charge on any atom is -0.495 e. The van der Waals surface area contributed by atoms with Crippen molar-refractivity contribution >= 4 is 11.6 Å². The molecular weight excluding hydrogens is 240 g/mol. The van der Waals surface area contributed by atoms with Crippen molar-refractivity contribution in [3.05, 3.63) is 45.5 Å². The zero-order valence-corrected chi connectivity index (χ0v) is 10.2. The number of aromatic amines is 1. The van der Waals surface area contributed by atoms with Gasteiger partial charge in [0, 0.05) is 11.6 Å². The van der Waals surface area contributed by atoms with E-state index in [1.54, 1.807) is 32.2 Å². The van der Waals surface area contributed by atoms with Gasteiger partial charge in [0.25, 0.3) is 5.56 Å². The molecule has 0 aliphatic heterocycles. The smallest absolute Gasteiger partial charge is 0.251 e. The van der Waals surface area contributed by atoms with Gasteiger partial charge in [-0.3, -0.25) is 4.79 Å². The van der Waals surface area contributed by atoms with Crippen molar-refractivity contribution in [3.8, 4) is 17.0 Å². The van der Waals surface area contributed by atoms with E-state index in [1.165, 1.54) is 6.07 Å². The van der Waals surface area contributed by atoms with E-state index in [0.717, 1.165) is 5.56 Å².